The van der Waals surface area contributed by atoms with Crippen LogP contribution in [0.25, 0.3) is 0 Å². The van der Waals surface area contributed by atoms with Crippen molar-refractivity contribution in [2.75, 3.05) is 6.26 Å². The van der Waals surface area contributed by atoms with Gasteiger partial charge >= 0.3 is 5.97 Å². The molecule has 0 saturated heterocycles. The van der Waals surface area contributed by atoms with E-state index in [1.54, 1.807) is 24.3 Å². The number of rotatable bonds is 5. The highest BCUT2D eigenvalue weighted by atomic mass is 32.2. The molecule has 0 heterocycles. The zero-order valence-corrected chi connectivity index (χ0v) is 13.3. The van der Waals surface area contributed by atoms with E-state index in [4.69, 9.17) is 4.74 Å². The van der Waals surface area contributed by atoms with Gasteiger partial charge in [0.25, 0.3) is 0 Å². The molecule has 4 nitrogen and oxygen atoms in total. The summed E-state index contributed by atoms with van der Waals surface area (Å²) in [4.78, 5) is 12.1. The molecule has 5 heteroatoms. The maximum atomic E-state index is 12.1. The summed E-state index contributed by atoms with van der Waals surface area (Å²) in [6, 6.07) is 15.9. The first-order valence-electron chi connectivity index (χ1n) is 6.88. The monoisotopic (exact) mass is 318 g/mol. The molecule has 22 heavy (non-hydrogen) atoms. The molecule has 0 unspecified atom stereocenters. The molecule has 2 aromatic carbocycles. The smallest absolute Gasteiger partial charge is 0.338 e. The number of benzene rings is 2. The molecule has 0 aliphatic carbocycles. The molecular formula is C17H18O4S. The van der Waals surface area contributed by atoms with Gasteiger partial charge in [0.1, 0.15) is 6.10 Å². The van der Waals surface area contributed by atoms with Crippen molar-refractivity contribution in [3.05, 3.63) is 71.3 Å². The van der Waals surface area contributed by atoms with Gasteiger partial charge in [-0.25, -0.2) is 13.2 Å². The van der Waals surface area contributed by atoms with E-state index in [0.29, 0.717) is 11.1 Å². The minimum Gasteiger partial charge on any atom is -0.454 e. The van der Waals surface area contributed by atoms with Crippen molar-refractivity contribution in [1.82, 2.24) is 0 Å². The largest absolute Gasteiger partial charge is 0.454 e. The van der Waals surface area contributed by atoms with E-state index in [2.05, 4.69) is 0 Å². The van der Waals surface area contributed by atoms with E-state index in [-0.39, 0.29) is 11.9 Å². The average molecular weight is 318 g/mol. The van der Waals surface area contributed by atoms with Crippen LogP contribution in [0.5, 0.6) is 0 Å². The van der Waals surface area contributed by atoms with Crippen molar-refractivity contribution in [3.63, 3.8) is 0 Å². The normalized spacial score (nSPS) is 12.6. The fourth-order valence-electron chi connectivity index (χ4n) is 2.06. The number of carbonyl (C=O) groups is 1. The van der Waals surface area contributed by atoms with Gasteiger partial charge < -0.3 is 4.74 Å². The second-order valence-corrected chi connectivity index (χ2v) is 7.37. The maximum absolute atomic E-state index is 12.1. The fraction of sp³-hybridized carbons (Fsp3) is 0.235. The van der Waals surface area contributed by atoms with Gasteiger partial charge in [0, 0.05) is 6.26 Å². The van der Waals surface area contributed by atoms with Gasteiger partial charge in [0.05, 0.1) is 11.3 Å². The number of esters is 1. The van der Waals surface area contributed by atoms with Crippen LogP contribution in [0.3, 0.4) is 0 Å². The average Bonchev–Trinajstić information content (AvgIpc) is 2.47. The van der Waals surface area contributed by atoms with Gasteiger partial charge in [-0.1, -0.05) is 42.5 Å². The summed E-state index contributed by atoms with van der Waals surface area (Å²) in [5.74, 6) is -0.467. The van der Waals surface area contributed by atoms with Crippen LogP contribution in [0.15, 0.2) is 54.6 Å². The Morgan fingerprint density at radius 2 is 1.64 bits per heavy atom. The molecule has 2 aromatic rings. The molecule has 2 rings (SSSR count). The Morgan fingerprint density at radius 3 is 2.18 bits per heavy atom. The molecule has 0 aliphatic rings. The SMILES string of the molecule is C[C@H](OC(=O)c1ccc(CS(C)(=O)=O)cc1)c1ccccc1. The number of carbonyl (C=O) groups excluding carboxylic acids is 1. The highest BCUT2D eigenvalue weighted by Gasteiger charge is 2.14. The van der Waals surface area contributed by atoms with Crippen molar-refractivity contribution < 1.29 is 17.9 Å². The molecule has 116 valence electrons. The molecule has 0 amide bonds. The van der Waals surface area contributed by atoms with Crippen LogP contribution in [0.2, 0.25) is 0 Å². The molecule has 1 atom stereocenters. The zero-order chi connectivity index (χ0) is 16.2. The zero-order valence-electron chi connectivity index (χ0n) is 12.5. The summed E-state index contributed by atoms with van der Waals surface area (Å²) in [5, 5.41) is 0. The Balaban J connectivity index is 2.04. The molecule has 0 fully saturated rings. The Hall–Kier alpha value is -2.14. The second kappa shape index (κ2) is 6.75. The summed E-state index contributed by atoms with van der Waals surface area (Å²) < 4.78 is 27.9. The van der Waals surface area contributed by atoms with E-state index in [9.17, 15) is 13.2 Å². The summed E-state index contributed by atoms with van der Waals surface area (Å²) in [6.07, 6.45) is 0.834. The Morgan fingerprint density at radius 1 is 1.05 bits per heavy atom. The van der Waals surface area contributed by atoms with Gasteiger partial charge in [-0.3, -0.25) is 0 Å². The third-order valence-corrected chi connectivity index (χ3v) is 4.03. The number of ether oxygens (including phenoxy) is 1. The first-order valence-corrected chi connectivity index (χ1v) is 8.94. The van der Waals surface area contributed by atoms with Crippen LogP contribution < -0.4 is 0 Å². The Labute approximate surface area is 130 Å². The van der Waals surface area contributed by atoms with Gasteiger partial charge in [-0.2, -0.15) is 0 Å². The summed E-state index contributed by atoms with van der Waals surface area (Å²) in [6.45, 7) is 1.81. The van der Waals surface area contributed by atoms with Crippen LogP contribution >= 0.6 is 0 Å². The molecular weight excluding hydrogens is 300 g/mol. The standard InChI is InChI=1S/C17H18O4S/c1-13(15-6-4-3-5-7-15)21-17(18)16-10-8-14(9-11-16)12-22(2,19)20/h3-11,13H,12H2,1-2H3/t13-/m0/s1. The number of hydrogen-bond acceptors (Lipinski definition) is 4. The molecule has 0 saturated carbocycles. The molecule has 0 radical (unpaired) electrons. The van der Waals surface area contributed by atoms with Crippen molar-refractivity contribution in [1.29, 1.82) is 0 Å². The van der Waals surface area contributed by atoms with E-state index < -0.39 is 15.8 Å². The highest BCUT2D eigenvalue weighted by molar-refractivity contribution is 7.89. The quantitative estimate of drug-likeness (QED) is 0.795. The van der Waals surface area contributed by atoms with E-state index in [1.165, 1.54) is 6.26 Å². The number of sulfone groups is 1. The lowest BCUT2D eigenvalue weighted by Gasteiger charge is -2.13. The third kappa shape index (κ3) is 4.70. The molecule has 0 spiro atoms. The summed E-state index contributed by atoms with van der Waals surface area (Å²) >= 11 is 0. The summed E-state index contributed by atoms with van der Waals surface area (Å²) in [5.41, 5.74) is 1.97. The minimum absolute atomic E-state index is 0.0389. The molecule has 0 bridgehead atoms. The Bertz CT molecular complexity index is 734. The molecule has 0 aromatic heterocycles. The van der Waals surface area contributed by atoms with Crippen LogP contribution in [-0.4, -0.2) is 20.6 Å². The predicted octanol–water partition coefficient (Wildman–Crippen LogP) is 3.15. The highest BCUT2D eigenvalue weighted by Crippen LogP contribution is 2.18. The second-order valence-electron chi connectivity index (χ2n) is 5.23. The fourth-order valence-corrected chi connectivity index (χ4v) is 2.86. The van der Waals surface area contributed by atoms with Crippen molar-refractivity contribution in [2.24, 2.45) is 0 Å². The first kappa shape index (κ1) is 16.2. The Kier molecular flexibility index (Phi) is 4.98. The van der Waals surface area contributed by atoms with Gasteiger partial charge in [0.15, 0.2) is 9.84 Å². The van der Waals surface area contributed by atoms with Crippen LogP contribution in [0.1, 0.15) is 34.5 Å². The van der Waals surface area contributed by atoms with Gasteiger partial charge in [0.2, 0.25) is 0 Å². The number of hydrogen-bond donors (Lipinski definition) is 0. The first-order chi connectivity index (χ1) is 10.3. The molecule has 0 N–H and O–H groups in total. The van der Waals surface area contributed by atoms with Crippen molar-refractivity contribution in [3.8, 4) is 0 Å². The predicted molar refractivity (Wildman–Crippen MR) is 85.3 cm³/mol. The van der Waals surface area contributed by atoms with Crippen molar-refractivity contribution >= 4 is 15.8 Å². The van der Waals surface area contributed by atoms with Crippen LogP contribution in [0, 0.1) is 0 Å². The van der Waals surface area contributed by atoms with E-state index in [0.717, 1.165) is 5.56 Å². The lowest BCUT2D eigenvalue weighted by atomic mass is 10.1. The van der Waals surface area contributed by atoms with E-state index in [1.807, 2.05) is 37.3 Å². The molecule has 0 aliphatic heterocycles. The lowest BCUT2D eigenvalue weighted by Crippen LogP contribution is -2.09. The van der Waals surface area contributed by atoms with E-state index >= 15 is 0 Å². The van der Waals surface area contributed by atoms with Crippen LogP contribution in [0.4, 0.5) is 0 Å². The van der Waals surface area contributed by atoms with Crippen LogP contribution in [-0.2, 0) is 20.3 Å². The third-order valence-electron chi connectivity index (χ3n) is 3.17. The lowest BCUT2D eigenvalue weighted by molar-refractivity contribution is 0.0338. The maximum Gasteiger partial charge on any atom is 0.338 e. The van der Waals surface area contributed by atoms with Gasteiger partial charge in [-0.05, 0) is 30.2 Å². The van der Waals surface area contributed by atoms with Crippen molar-refractivity contribution in [2.45, 2.75) is 18.8 Å². The van der Waals surface area contributed by atoms with Gasteiger partial charge in [-0.15, -0.1) is 0 Å². The summed E-state index contributed by atoms with van der Waals surface area (Å²) in [7, 11) is -3.08. The minimum atomic E-state index is -3.08. The topological polar surface area (TPSA) is 60.4 Å².